The maximum atomic E-state index is 12.7. The Morgan fingerprint density at radius 1 is 0.254 bits per heavy atom. The fourth-order valence-electron chi connectivity index (χ4n) is 18.1. The first kappa shape index (κ1) is 79.2. The van der Waals surface area contributed by atoms with Gasteiger partial charge in [-0.25, -0.2) is 0 Å². The minimum atomic E-state index is -0.479. The topological polar surface area (TPSA) is 175 Å². The second kappa shape index (κ2) is 32.4. The molecule has 0 fully saturated rings. The molecular formula is C104H62N6O8S4Te4. The van der Waals surface area contributed by atoms with E-state index in [1.165, 1.54) is 148 Å². The van der Waals surface area contributed by atoms with Crippen LogP contribution in [-0.2, 0) is 0 Å². The van der Waals surface area contributed by atoms with Gasteiger partial charge in [-0.1, -0.05) is 0 Å². The molecule has 14 aliphatic rings. The van der Waals surface area contributed by atoms with Gasteiger partial charge in [-0.3, -0.25) is 0 Å². The number of allylic oxidation sites excluding steroid dienone is 24. The number of para-hydroxylation sites is 6. The van der Waals surface area contributed by atoms with Gasteiger partial charge in [-0.15, -0.1) is 22.7 Å². The van der Waals surface area contributed by atoms with Gasteiger partial charge in [0.15, 0.2) is 0 Å². The molecule has 0 unspecified atom stereocenters. The molecule has 126 heavy (non-hydrogen) atoms. The van der Waals surface area contributed by atoms with E-state index in [9.17, 15) is 38.4 Å². The van der Waals surface area contributed by atoms with Crippen molar-refractivity contribution in [1.29, 1.82) is 0 Å². The molecule has 0 atom stereocenters. The average molecular weight is 2160 g/mol. The van der Waals surface area contributed by atoms with Gasteiger partial charge in [0, 0.05) is 0 Å². The van der Waals surface area contributed by atoms with Crippen LogP contribution in [0.15, 0.2) is 391 Å². The first-order valence-electron chi connectivity index (χ1n) is 40.7. The third kappa shape index (κ3) is 13.8. The summed E-state index contributed by atoms with van der Waals surface area (Å²) in [6.07, 6.45) is 32.6. The van der Waals surface area contributed by atoms with Crippen LogP contribution in [0.4, 0.5) is 45.8 Å². The Hall–Kier alpha value is -11.5. The molecule has 10 heterocycles. The molecule has 0 radical (unpaired) electrons. The van der Waals surface area contributed by atoms with Crippen molar-refractivity contribution < 1.29 is 38.4 Å². The summed E-state index contributed by atoms with van der Waals surface area (Å²) in [5.74, 6) is 0.927. The van der Waals surface area contributed by atoms with E-state index in [2.05, 4.69) is 219 Å². The molecule has 604 valence electrons. The molecule has 0 saturated heterocycles. The summed E-state index contributed by atoms with van der Waals surface area (Å²) in [5.41, 5.74) is 24.9. The van der Waals surface area contributed by atoms with Gasteiger partial charge >= 0.3 is 743 Å². The van der Waals surface area contributed by atoms with Gasteiger partial charge in [0.05, 0.1) is 0 Å². The molecular weight excluding hydrogens is 2100 g/mol. The predicted octanol–water partition coefficient (Wildman–Crippen LogP) is 16.5. The summed E-state index contributed by atoms with van der Waals surface area (Å²) < 4.78 is 11.3. The van der Waals surface area contributed by atoms with E-state index < -0.39 is 83.7 Å². The van der Waals surface area contributed by atoms with Gasteiger partial charge in [-0.2, -0.15) is 0 Å². The molecule has 6 aromatic heterocycles. The van der Waals surface area contributed by atoms with Gasteiger partial charge in [0.1, 0.15) is 0 Å². The second-order valence-corrected chi connectivity index (χ2v) is 47.4. The number of ketones is 8. The van der Waals surface area contributed by atoms with Gasteiger partial charge in [0.25, 0.3) is 0 Å². The number of rotatable bonds is 8. The zero-order valence-corrected chi connectivity index (χ0v) is 78.9. The van der Waals surface area contributed by atoms with Gasteiger partial charge < -0.3 is 0 Å². The maximum absolute atomic E-state index is 12.7. The van der Waals surface area contributed by atoms with Crippen molar-refractivity contribution in [2.75, 3.05) is 19.6 Å². The Balaban J connectivity index is 0.0000000967. The SMILES string of the molecule is O=C1/C(=C\C2=CC3=C(C=C(N4c5ccccc5[Te]c5ccccc54)C3)C2)C(=O)c2sccc21.O=C1/C(=C\C2=CC3=C(C=C(N4c5ccccc5[Te]c5cccnc54)C3)C2)C(=O)c2sccc21.O=C1/C(=C\C2=CC=C(N3c4ccccc4[Te]c4ccccc43)C2)C(=O)c2sccc21.O=C1/C(=C\C2=CC=C(N3c4ccccc4[Te]c4cccnc43)C2)C(=O)c2sccc21. The van der Waals surface area contributed by atoms with Crippen molar-refractivity contribution in [2.45, 2.75) is 38.5 Å². The van der Waals surface area contributed by atoms with Gasteiger partial charge in [-0.05, 0) is 22.9 Å². The predicted molar refractivity (Wildman–Crippen MR) is 506 cm³/mol. The van der Waals surface area contributed by atoms with Crippen molar-refractivity contribution in [3.63, 3.8) is 0 Å². The molecule has 26 rings (SSSR count). The van der Waals surface area contributed by atoms with Crippen LogP contribution in [-0.4, -0.2) is 140 Å². The number of benzene rings is 6. The van der Waals surface area contributed by atoms with E-state index in [4.69, 9.17) is 4.98 Å². The van der Waals surface area contributed by atoms with Crippen LogP contribution in [0.2, 0.25) is 0 Å². The summed E-state index contributed by atoms with van der Waals surface area (Å²) in [5, 5.41) is 7.23. The van der Waals surface area contributed by atoms with Crippen LogP contribution in [0.25, 0.3) is 0 Å². The van der Waals surface area contributed by atoms with E-state index >= 15 is 0 Å². The number of hydrogen-bond acceptors (Lipinski definition) is 18. The zero-order chi connectivity index (χ0) is 84.7. The van der Waals surface area contributed by atoms with Crippen LogP contribution >= 0.6 is 45.3 Å². The first-order chi connectivity index (χ1) is 61.7. The second-order valence-electron chi connectivity index (χ2n) is 31.4. The number of pyridine rings is 2. The number of thiophene rings is 4. The molecule has 0 amide bonds. The van der Waals surface area contributed by atoms with E-state index in [-0.39, 0.29) is 51.8 Å². The summed E-state index contributed by atoms with van der Waals surface area (Å²) in [6.45, 7) is 0. The molecule has 0 N–H and O–H groups in total. The molecule has 12 aromatic rings. The molecule has 10 aliphatic carbocycles. The zero-order valence-electron chi connectivity index (χ0n) is 66.3. The molecule has 0 spiro atoms. The Kier molecular flexibility index (Phi) is 20.4. The minimum absolute atomic E-state index is 0.125. The fraction of sp³-hybridized carbons (Fsp3) is 0.0577. The normalized spacial score (nSPS) is 18.9. The number of Topliss-reactive ketones (excluding diaryl/α,β-unsaturated/α-hetero) is 8. The van der Waals surface area contributed by atoms with Crippen molar-refractivity contribution in [2.24, 2.45) is 0 Å². The molecule has 22 heteroatoms. The number of carbonyl (C=O) groups excluding carboxylic acids is 8. The van der Waals surface area contributed by atoms with Crippen LogP contribution in [0.1, 0.15) is 119 Å². The van der Waals surface area contributed by atoms with Crippen LogP contribution in [0.5, 0.6) is 0 Å². The number of nitrogens with zero attached hydrogens (tertiary/aromatic N) is 6. The van der Waals surface area contributed by atoms with Crippen molar-refractivity contribution >= 4 is 250 Å². The van der Waals surface area contributed by atoms with Crippen molar-refractivity contribution in [3.8, 4) is 0 Å². The number of hydrogen-bond donors (Lipinski definition) is 0. The third-order valence-electron chi connectivity index (χ3n) is 23.8. The summed E-state index contributed by atoms with van der Waals surface area (Å²) in [6, 6.07) is 67.4. The summed E-state index contributed by atoms with van der Waals surface area (Å²) in [4.78, 5) is 122. The third-order valence-corrected chi connectivity index (χ3v) is 40.2. The molecule has 0 saturated carbocycles. The number of anilines is 8. The Labute approximate surface area is 780 Å². The van der Waals surface area contributed by atoms with Crippen molar-refractivity contribution in [1.82, 2.24) is 9.97 Å². The average Bonchev–Trinajstić information content (AvgIpc) is 1.51. The van der Waals surface area contributed by atoms with Gasteiger partial charge in [0.2, 0.25) is 0 Å². The molecule has 6 aromatic carbocycles. The quantitative estimate of drug-likeness (QED) is 0.0798. The van der Waals surface area contributed by atoms with Crippen LogP contribution in [0, 0.1) is 0 Å². The van der Waals surface area contributed by atoms with E-state index in [1.807, 2.05) is 59.6 Å². The Bertz CT molecular complexity index is 6770. The van der Waals surface area contributed by atoms with E-state index in [0.29, 0.717) is 71.3 Å². The monoisotopic (exact) mass is 2170 g/mol. The van der Waals surface area contributed by atoms with E-state index in [0.717, 1.165) is 65.3 Å². The molecule has 0 bridgehead atoms. The number of fused-ring (bicyclic) bond motifs is 12. The Morgan fingerprint density at radius 2 is 0.524 bits per heavy atom. The number of carbonyl (C=O) groups is 8. The summed E-state index contributed by atoms with van der Waals surface area (Å²) >= 11 is 3.64. The van der Waals surface area contributed by atoms with E-state index in [1.54, 1.807) is 47.2 Å². The molecule has 4 aliphatic heterocycles. The van der Waals surface area contributed by atoms with Crippen molar-refractivity contribution in [3.05, 3.63) is 432 Å². The Morgan fingerprint density at radius 3 is 0.857 bits per heavy atom. The fourth-order valence-corrected chi connectivity index (χ4v) is 33.4. The van der Waals surface area contributed by atoms with Crippen LogP contribution in [0.3, 0.4) is 0 Å². The summed E-state index contributed by atoms with van der Waals surface area (Å²) in [7, 11) is 0. The standard InChI is InChI=1S/C28H17NO2STe.C27H16N2O2STe.C25H15NO2STe.C24H14N2O2STe/c30-26-20-9-10-32-28(20)27(31)21(26)13-16-11-17-14-19(15-18(17)12-16)29-22-5-1-3-7-24(22)33-25-8-4-2-6-23(25)29;30-24-19-7-9-32-26(19)25(31)20(24)12-15-10-16-13-18(14-17(16)11-15)29-21-4-1-2-5-22(21)33-23-6-3-8-28-27(23)29;27-23-17-11-12-29-25(17)24(28)18(23)14-15-9-10-16(13-15)26-19-5-1-3-7-21(19)30-22-8-4-2-6-20(22)26;27-21-16-9-11-29-23(16)22(28)17(21)13-14-7-8-15(12-14)26-18-4-1-2-5-19(18)30-20-6-3-10-25-24(20)26/h1-11,13,15H,12,14H2;1-10,12,14H,11,13H2;1-12,14H,13H2;1-11,13H,12H2/b21-13+;20-12+;18-14+;17-13+. The van der Waals surface area contributed by atoms with Crippen LogP contribution < -0.4 is 48.5 Å². The first-order valence-corrected chi connectivity index (χ1v) is 53.6. The number of aromatic nitrogens is 2. The molecule has 14 nitrogen and oxygen atoms in total.